The van der Waals surface area contributed by atoms with Gasteiger partial charge in [-0.15, -0.1) is 0 Å². The molecule has 1 aliphatic rings. The van der Waals surface area contributed by atoms with Crippen LogP contribution in [0.3, 0.4) is 0 Å². The lowest BCUT2D eigenvalue weighted by molar-refractivity contribution is -0.123. The van der Waals surface area contributed by atoms with Crippen LogP contribution in [0.2, 0.25) is 0 Å². The average Bonchev–Trinajstić information content (AvgIpc) is 3.56. The largest absolute Gasteiger partial charge is 0.395 e. The molecular formula is C27H26N6O3S. The standard InChI is InChI=1S/C27H26N6O3S/c28-21-22(25(29)34)32-37-24(21)27(36)33(19-10-2-1-3-11-19)23(26(35)31-18-8-4-5-9-18)17-12-13-20-16(15-17)7-6-14-30-20/h1-3,6-7,10-15,18,23H,4-5,8-9,28H2,(H2,29,34)(H,31,35)/t23-/m1/s1. The number of pyridine rings is 1. The number of fused-ring (bicyclic) bond motifs is 1. The number of nitrogens with zero attached hydrogens (tertiary/aromatic N) is 3. The summed E-state index contributed by atoms with van der Waals surface area (Å²) in [7, 11) is 0. The molecule has 1 saturated carbocycles. The summed E-state index contributed by atoms with van der Waals surface area (Å²) in [6.45, 7) is 0. The molecule has 3 amide bonds. The number of primary amides is 1. The normalized spacial score (nSPS) is 14.4. The molecule has 4 aromatic rings. The summed E-state index contributed by atoms with van der Waals surface area (Å²) >= 11 is 0.787. The highest BCUT2D eigenvalue weighted by atomic mass is 32.1. The second kappa shape index (κ2) is 10.4. The van der Waals surface area contributed by atoms with E-state index < -0.39 is 17.9 Å². The lowest BCUT2D eigenvalue weighted by atomic mass is 10.00. The predicted molar refractivity (Wildman–Crippen MR) is 143 cm³/mol. The first-order chi connectivity index (χ1) is 17.9. The van der Waals surface area contributed by atoms with Gasteiger partial charge >= 0.3 is 0 Å². The number of hydrogen-bond acceptors (Lipinski definition) is 7. The quantitative estimate of drug-likeness (QED) is 0.342. The van der Waals surface area contributed by atoms with E-state index in [0.29, 0.717) is 11.3 Å². The van der Waals surface area contributed by atoms with Crippen molar-refractivity contribution >= 4 is 51.5 Å². The number of nitrogen functional groups attached to an aromatic ring is 1. The average molecular weight is 515 g/mol. The summed E-state index contributed by atoms with van der Waals surface area (Å²) in [4.78, 5) is 45.6. The van der Waals surface area contributed by atoms with E-state index in [0.717, 1.165) is 48.1 Å². The minimum Gasteiger partial charge on any atom is -0.395 e. The van der Waals surface area contributed by atoms with Gasteiger partial charge < -0.3 is 16.8 Å². The number of carbonyl (C=O) groups is 3. The zero-order valence-electron chi connectivity index (χ0n) is 20.0. The van der Waals surface area contributed by atoms with E-state index in [1.165, 1.54) is 4.90 Å². The van der Waals surface area contributed by atoms with E-state index in [1.807, 2.05) is 36.4 Å². The number of nitrogens with one attached hydrogen (secondary N) is 1. The van der Waals surface area contributed by atoms with Crippen LogP contribution >= 0.6 is 11.5 Å². The summed E-state index contributed by atoms with van der Waals surface area (Å²) < 4.78 is 4.00. The van der Waals surface area contributed by atoms with Gasteiger partial charge in [-0.1, -0.05) is 43.2 Å². The Morgan fingerprint density at radius 1 is 1.03 bits per heavy atom. The Morgan fingerprint density at radius 2 is 1.78 bits per heavy atom. The van der Waals surface area contributed by atoms with Crippen molar-refractivity contribution in [2.75, 3.05) is 10.6 Å². The smallest absolute Gasteiger partial charge is 0.273 e. The minimum absolute atomic E-state index is 0.0405. The van der Waals surface area contributed by atoms with Crippen LogP contribution in [0.5, 0.6) is 0 Å². The van der Waals surface area contributed by atoms with Gasteiger partial charge in [0, 0.05) is 23.3 Å². The van der Waals surface area contributed by atoms with Crippen LogP contribution in [-0.4, -0.2) is 33.1 Å². The van der Waals surface area contributed by atoms with Gasteiger partial charge in [0.25, 0.3) is 11.8 Å². The number of aromatic nitrogens is 2. The van der Waals surface area contributed by atoms with Crippen LogP contribution < -0.4 is 21.7 Å². The maximum Gasteiger partial charge on any atom is 0.273 e. The summed E-state index contributed by atoms with van der Waals surface area (Å²) in [6.07, 6.45) is 5.58. The molecule has 2 heterocycles. The second-order valence-corrected chi connectivity index (χ2v) is 9.77. The molecule has 0 spiro atoms. The number of rotatable bonds is 7. The predicted octanol–water partition coefficient (Wildman–Crippen LogP) is 3.82. The third-order valence-electron chi connectivity index (χ3n) is 6.56. The van der Waals surface area contributed by atoms with Crippen molar-refractivity contribution in [1.29, 1.82) is 0 Å². The maximum atomic E-state index is 14.1. The van der Waals surface area contributed by atoms with E-state index in [4.69, 9.17) is 11.5 Å². The van der Waals surface area contributed by atoms with Crippen LogP contribution in [0.25, 0.3) is 10.9 Å². The molecule has 0 saturated heterocycles. The van der Waals surface area contributed by atoms with Crippen LogP contribution in [0.15, 0.2) is 66.9 Å². The van der Waals surface area contributed by atoms with Crippen molar-refractivity contribution in [3.63, 3.8) is 0 Å². The Labute approximate surface area is 217 Å². The zero-order chi connectivity index (χ0) is 25.9. The Morgan fingerprint density at radius 3 is 2.49 bits per heavy atom. The number of benzene rings is 2. The molecule has 9 nitrogen and oxygen atoms in total. The van der Waals surface area contributed by atoms with Gasteiger partial charge in [0.1, 0.15) is 10.9 Å². The number of para-hydroxylation sites is 1. The molecule has 37 heavy (non-hydrogen) atoms. The molecule has 1 atom stereocenters. The molecule has 0 radical (unpaired) electrons. The first-order valence-electron chi connectivity index (χ1n) is 12.0. The summed E-state index contributed by atoms with van der Waals surface area (Å²) in [5, 5.41) is 3.99. The molecule has 188 valence electrons. The number of anilines is 2. The highest BCUT2D eigenvalue weighted by Gasteiger charge is 2.37. The first-order valence-corrected chi connectivity index (χ1v) is 12.8. The second-order valence-electron chi connectivity index (χ2n) is 9.00. The van der Waals surface area contributed by atoms with Gasteiger partial charge in [-0.2, -0.15) is 4.37 Å². The van der Waals surface area contributed by atoms with Gasteiger partial charge in [0.15, 0.2) is 5.69 Å². The molecule has 2 aromatic heterocycles. The Bertz CT molecular complexity index is 1470. The Kier molecular flexibility index (Phi) is 6.82. The zero-order valence-corrected chi connectivity index (χ0v) is 20.8. The van der Waals surface area contributed by atoms with E-state index in [-0.39, 0.29) is 28.2 Å². The Balaban J connectivity index is 1.66. The molecule has 0 unspecified atom stereocenters. The van der Waals surface area contributed by atoms with Crippen LogP contribution in [-0.2, 0) is 4.79 Å². The van der Waals surface area contributed by atoms with Crippen molar-refractivity contribution in [1.82, 2.24) is 14.7 Å². The molecule has 1 aliphatic carbocycles. The minimum atomic E-state index is -1.02. The molecule has 0 aliphatic heterocycles. The van der Waals surface area contributed by atoms with Gasteiger partial charge in [0.05, 0.1) is 11.2 Å². The van der Waals surface area contributed by atoms with Gasteiger partial charge in [-0.3, -0.25) is 24.3 Å². The lowest BCUT2D eigenvalue weighted by Gasteiger charge is -2.32. The molecular weight excluding hydrogens is 488 g/mol. The first kappa shape index (κ1) is 24.4. The monoisotopic (exact) mass is 514 g/mol. The van der Waals surface area contributed by atoms with Crippen molar-refractivity contribution in [3.8, 4) is 0 Å². The molecule has 5 N–H and O–H groups in total. The van der Waals surface area contributed by atoms with E-state index >= 15 is 0 Å². The van der Waals surface area contributed by atoms with Crippen LogP contribution in [0.1, 0.15) is 57.4 Å². The van der Waals surface area contributed by atoms with Crippen molar-refractivity contribution < 1.29 is 14.4 Å². The fourth-order valence-electron chi connectivity index (χ4n) is 4.74. The van der Waals surface area contributed by atoms with Gasteiger partial charge in [-0.25, -0.2) is 0 Å². The maximum absolute atomic E-state index is 14.1. The third kappa shape index (κ3) is 4.88. The third-order valence-corrected chi connectivity index (χ3v) is 7.41. The van der Waals surface area contributed by atoms with Gasteiger partial charge in [0.2, 0.25) is 5.91 Å². The summed E-state index contributed by atoms with van der Waals surface area (Å²) in [5.41, 5.74) is 13.2. The number of amides is 3. The highest BCUT2D eigenvalue weighted by molar-refractivity contribution is 7.09. The lowest BCUT2D eigenvalue weighted by Crippen LogP contribution is -2.46. The number of hydrogen-bond donors (Lipinski definition) is 3. The molecule has 5 rings (SSSR count). The van der Waals surface area contributed by atoms with Crippen molar-refractivity contribution in [3.05, 3.63) is 83.0 Å². The summed E-state index contributed by atoms with van der Waals surface area (Å²) in [5.74, 6) is -1.67. The molecule has 1 fully saturated rings. The van der Waals surface area contributed by atoms with Crippen LogP contribution in [0.4, 0.5) is 11.4 Å². The Hall–Kier alpha value is -4.31. The summed E-state index contributed by atoms with van der Waals surface area (Å²) in [6, 6.07) is 17.2. The fourth-order valence-corrected chi connectivity index (χ4v) is 5.49. The topological polar surface area (TPSA) is 144 Å². The molecule has 10 heteroatoms. The van der Waals surface area contributed by atoms with Crippen molar-refractivity contribution in [2.24, 2.45) is 5.73 Å². The molecule has 0 bridgehead atoms. The number of carbonyl (C=O) groups excluding carboxylic acids is 3. The van der Waals surface area contributed by atoms with Gasteiger partial charge in [-0.05, 0) is 60.3 Å². The van der Waals surface area contributed by atoms with Crippen LogP contribution in [0, 0.1) is 0 Å². The molecule has 2 aromatic carbocycles. The van der Waals surface area contributed by atoms with E-state index in [1.54, 1.807) is 30.5 Å². The van der Waals surface area contributed by atoms with E-state index in [2.05, 4.69) is 14.7 Å². The van der Waals surface area contributed by atoms with E-state index in [9.17, 15) is 14.4 Å². The number of nitrogens with two attached hydrogens (primary N) is 2. The SMILES string of the molecule is NC(=O)c1nsc(C(=O)N(c2ccccc2)[C@@H](C(=O)NC2CCCC2)c2ccc3ncccc3c2)c1N. The highest BCUT2D eigenvalue weighted by Crippen LogP contribution is 2.34. The van der Waals surface area contributed by atoms with Crippen molar-refractivity contribution in [2.45, 2.75) is 37.8 Å². The fraction of sp³-hybridized carbons (Fsp3) is 0.222.